The van der Waals surface area contributed by atoms with Crippen molar-refractivity contribution in [2.75, 3.05) is 12.5 Å². The molecule has 2 aromatic rings. The van der Waals surface area contributed by atoms with Gasteiger partial charge in [0.25, 0.3) is 5.91 Å². The van der Waals surface area contributed by atoms with Gasteiger partial charge in [-0.2, -0.15) is 0 Å². The van der Waals surface area contributed by atoms with Gasteiger partial charge < -0.3 is 15.8 Å². The summed E-state index contributed by atoms with van der Waals surface area (Å²) < 4.78 is 5.28. The fourth-order valence-corrected chi connectivity index (χ4v) is 1.62. The Morgan fingerprint density at radius 1 is 1.00 bits per heavy atom. The Morgan fingerprint density at radius 3 is 2.38 bits per heavy atom. The molecule has 3 amide bonds. The average Bonchev–Trinajstić information content (AvgIpc) is 2.48. The minimum atomic E-state index is -0.654. The van der Waals surface area contributed by atoms with Crippen LogP contribution in [0, 0.1) is 0 Å². The van der Waals surface area contributed by atoms with Crippen LogP contribution in [0.1, 0.15) is 10.4 Å². The predicted octanol–water partition coefficient (Wildman–Crippen LogP) is 1.74. The summed E-state index contributed by atoms with van der Waals surface area (Å²) in [4.78, 5) is 23.4. The van der Waals surface area contributed by atoms with Gasteiger partial charge in [-0.05, 0) is 24.3 Å². The van der Waals surface area contributed by atoms with Gasteiger partial charge in [0.2, 0.25) is 0 Å². The number of rotatable bonds is 4. The van der Waals surface area contributed by atoms with Crippen LogP contribution >= 0.6 is 0 Å². The van der Waals surface area contributed by atoms with E-state index in [2.05, 4.69) is 10.6 Å². The van der Waals surface area contributed by atoms with Crippen molar-refractivity contribution in [1.29, 1.82) is 0 Å². The Bertz CT molecular complexity index is 629. The number of anilines is 1. The third-order valence-electron chi connectivity index (χ3n) is 2.65. The highest BCUT2D eigenvalue weighted by Crippen LogP contribution is 2.09. The fourth-order valence-electron chi connectivity index (χ4n) is 1.62. The molecule has 0 aromatic heterocycles. The molecule has 0 saturated heterocycles. The van der Waals surface area contributed by atoms with Crippen LogP contribution in [-0.2, 0) is 0 Å². The standard InChI is InChI=1S/C15H15N3O3/c16-13-9-5-4-8-12(13)14(19)18-15(20)17-10-21-11-6-2-1-3-7-11/h1-9H,10,16H2,(H2,17,18,19,20). The van der Waals surface area contributed by atoms with Gasteiger partial charge in [0.1, 0.15) is 5.75 Å². The van der Waals surface area contributed by atoms with Gasteiger partial charge in [-0.1, -0.05) is 30.3 Å². The molecule has 4 N–H and O–H groups in total. The van der Waals surface area contributed by atoms with Crippen molar-refractivity contribution in [1.82, 2.24) is 10.6 Å². The molecule has 6 nitrogen and oxygen atoms in total. The van der Waals surface area contributed by atoms with Crippen molar-refractivity contribution in [2.45, 2.75) is 0 Å². The first-order valence-corrected chi connectivity index (χ1v) is 6.28. The van der Waals surface area contributed by atoms with Crippen LogP contribution in [0.2, 0.25) is 0 Å². The number of carbonyl (C=O) groups excluding carboxylic acids is 2. The molecule has 21 heavy (non-hydrogen) atoms. The Kier molecular flexibility index (Phi) is 4.76. The van der Waals surface area contributed by atoms with Gasteiger partial charge in [-0.15, -0.1) is 0 Å². The number of para-hydroxylation sites is 2. The monoisotopic (exact) mass is 285 g/mol. The number of ether oxygens (including phenoxy) is 1. The van der Waals surface area contributed by atoms with Crippen molar-refractivity contribution in [3.8, 4) is 5.75 Å². The first kappa shape index (κ1) is 14.4. The molecule has 6 heteroatoms. The highest BCUT2D eigenvalue weighted by atomic mass is 16.5. The summed E-state index contributed by atoms with van der Waals surface area (Å²) >= 11 is 0. The van der Waals surface area contributed by atoms with Crippen LogP contribution in [0.25, 0.3) is 0 Å². The van der Waals surface area contributed by atoms with Crippen LogP contribution in [0.15, 0.2) is 54.6 Å². The summed E-state index contributed by atoms with van der Waals surface area (Å²) in [6.45, 7) is -0.0482. The predicted molar refractivity (Wildman–Crippen MR) is 78.8 cm³/mol. The molecule has 0 spiro atoms. The third-order valence-corrected chi connectivity index (χ3v) is 2.65. The van der Waals surface area contributed by atoms with Crippen molar-refractivity contribution >= 4 is 17.6 Å². The number of urea groups is 1. The Hall–Kier alpha value is -3.02. The molecule has 108 valence electrons. The van der Waals surface area contributed by atoms with Crippen molar-refractivity contribution in [3.05, 3.63) is 60.2 Å². The van der Waals surface area contributed by atoms with Gasteiger partial charge in [-0.3, -0.25) is 10.1 Å². The molecule has 0 heterocycles. The maximum Gasteiger partial charge on any atom is 0.324 e. The van der Waals surface area contributed by atoms with Crippen LogP contribution in [-0.4, -0.2) is 18.7 Å². The minimum absolute atomic E-state index is 0.0482. The first-order chi connectivity index (χ1) is 10.2. The van der Waals surface area contributed by atoms with Crippen molar-refractivity contribution in [2.24, 2.45) is 0 Å². The third kappa shape index (κ3) is 4.24. The van der Waals surface area contributed by atoms with Crippen molar-refractivity contribution < 1.29 is 14.3 Å². The number of hydrogen-bond acceptors (Lipinski definition) is 4. The molecule has 0 aliphatic rings. The molecule has 0 aliphatic carbocycles. The van der Waals surface area contributed by atoms with E-state index in [4.69, 9.17) is 10.5 Å². The number of benzene rings is 2. The summed E-state index contributed by atoms with van der Waals surface area (Å²) in [5, 5.41) is 4.59. The number of carbonyl (C=O) groups is 2. The molecule has 2 aromatic carbocycles. The summed E-state index contributed by atoms with van der Waals surface area (Å²) in [6.07, 6.45) is 0. The van der Waals surface area contributed by atoms with E-state index >= 15 is 0 Å². The zero-order chi connectivity index (χ0) is 15.1. The molecule has 0 fully saturated rings. The normalized spacial score (nSPS) is 9.71. The second kappa shape index (κ2) is 6.95. The number of nitrogen functional groups attached to an aromatic ring is 1. The average molecular weight is 285 g/mol. The van der Waals surface area contributed by atoms with E-state index in [9.17, 15) is 9.59 Å². The maximum absolute atomic E-state index is 11.8. The smallest absolute Gasteiger partial charge is 0.324 e. The van der Waals surface area contributed by atoms with E-state index in [0.717, 1.165) is 0 Å². The molecular weight excluding hydrogens is 270 g/mol. The van der Waals surface area contributed by atoms with E-state index < -0.39 is 11.9 Å². The van der Waals surface area contributed by atoms with Gasteiger partial charge in [0.05, 0.1) is 5.56 Å². The van der Waals surface area contributed by atoms with E-state index in [1.807, 2.05) is 18.2 Å². The lowest BCUT2D eigenvalue weighted by molar-refractivity contribution is 0.0963. The van der Waals surface area contributed by atoms with Crippen LogP contribution in [0.4, 0.5) is 10.5 Å². The van der Waals surface area contributed by atoms with E-state index in [-0.39, 0.29) is 12.3 Å². The highest BCUT2D eigenvalue weighted by Gasteiger charge is 2.12. The number of nitrogens with two attached hydrogens (primary N) is 1. The highest BCUT2D eigenvalue weighted by molar-refractivity contribution is 6.07. The minimum Gasteiger partial charge on any atom is -0.473 e. The maximum atomic E-state index is 11.8. The summed E-state index contributed by atoms with van der Waals surface area (Å²) in [7, 11) is 0. The lowest BCUT2D eigenvalue weighted by Crippen LogP contribution is -2.41. The molecule has 0 radical (unpaired) electrons. The largest absolute Gasteiger partial charge is 0.473 e. The molecule has 0 atom stereocenters. The lowest BCUT2D eigenvalue weighted by atomic mass is 10.2. The zero-order valence-corrected chi connectivity index (χ0v) is 11.2. The van der Waals surface area contributed by atoms with Crippen LogP contribution in [0.3, 0.4) is 0 Å². The Morgan fingerprint density at radius 2 is 1.67 bits per heavy atom. The van der Waals surface area contributed by atoms with Crippen LogP contribution in [0.5, 0.6) is 5.75 Å². The molecular formula is C15H15N3O3. The fraction of sp³-hybridized carbons (Fsp3) is 0.0667. The zero-order valence-electron chi connectivity index (χ0n) is 11.2. The number of imide groups is 1. The van der Waals surface area contributed by atoms with Crippen LogP contribution < -0.4 is 21.1 Å². The molecule has 0 saturated carbocycles. The first-order valence-electron chi connectivity index (χ1n) is 6.28. The quantitative estimate of drug-likeness (QED) is 0.589. The van der Waals surface area contributed by atoms with Gasteiger partial charge >= 0.3 is 6.03 Å². The lowest BCUT2D eigenvalue weighted by Gasteiger charge is -2.09. The van der Waals surface area contributed by atoms with E-state index in [0.29, 0.717) is 11.4 Å². The van der Waals surface area contributed by atoms with Gasteiger partial charge in [-0.25, -0.2) is 4.79 Å². The second-order valence-electron chi connectivity index (χ2n) is 4.15. The summed E-state index contributed by atoms with van der Waals surface area (Å²) in [5.74, 6) is 0.0572. The summed E-state index contributed by atoms with van der Waals surface area (Å²) in [6, 6.07) is 14.9. The Labute approximate surface area is 121 Å². The van der Waals surface area contributed by atoms with Crippen molar-refractivity contribution in [3.63, 3.8) is 0 Å². The molecule has 0 aliphatic heterocycles. The number of nitrogens with one attached hydrogen (secondary N) is 2. The SMILES string of the molecule is Nc1ccccc1C(=O)NC(=O)NCOc1ccccc1. The van der Waals surface area contributed by atoms with E-state index in [1.165, 1.54) is 0 Å². The summed E-state index contributed by atoms with van der Waals surface area (Å²) in [5.41, 5.74) is 6.21. The van der Waals surface area contributed by atoms with Gasteiger partial charge in [0, 0.05) is 5.69 Å². The molecule has 0 unspecified atom stereocenters. The van der Waals surface area contributed by atoms with Gasteiger partial charge in [0.15, 0.2) is 6.73 Å². The molecule has 2 rings (SSSR count). The molecule has 0 bridgehead atoms. The second-order valence-corrected chi connectivity index (χ2v) is 4.15. The number of amides is 3. The number of hydrogen-bond donors (Lipinski definition) is 3. The Balaban J connectivity index is 1.80. The topological polar surface area (TPSA) is 93.5 Å². The van der Waals surface area contributed by atoms with E-state index in [1.54, 1.807) is 36.4 Å².